The number of hydrogen-bond acceptors (Lipinski definition) is 2. The van der Waals surface area contributed by atoms with E-state index < -0.39 is 0 Å². The SMILES string of the molecule is CCC1CC1N1CCNC(C)CC1. The summed E-state index contributed by atoms with van der Waals surface area (Å²) in [7, 11) is 0. The molecule has 2 rings (SSSR count). The molecule has 2 aliphatic rings. The molecule has 0 bridgehead atoms. The summed E-state index contributed by atoms with van der Waals surface area (Å²) in [5.41, 5.74) is 0. The van der Waals surface area contributed by atoms with E-state index in [0.717, 1.165) is 18.0 Å². The van der Waals surface area contributed by atoms with Gasteiger partial charge in [-0.05, 0) is 32.2 Å². The lowest BCUT2D eigenvalue weighted by Crippen LogP contribution is -2.31. The van der Waals surface area contributed by atoms with E-state index >= 15 is 0 Å². The Bertz CT molecular complexity index is 169. The summed E-state index contributed by atoms with van der Waals surface area (Å²) in [6, 6.07) is 1.67. The first-order valence-electron chi connectivity index (χ1n) is 5.78. The number of nitrogens with one attached hydrogen (secondary N) is 1. The van der Waals surface area contributed by atoms with E-state index in [4.69, 9.17) is 0 Å². The molecule has 0 radical (unpaired) electrons. The maximum Gasteiger partial charge on any atom is 0.0128 e. The first-order chi connectivity index (χ1) is 6.31. The molecule has 1 N–H and O–H groups in total. The van der Waals surface area contributed by atoms with Gasteiger partial charge in [0.25, 0.3) is 0 Å². The van der Waals surface area contributed by atoms with Crippen LogP contribution < -0.4 is 5.32 Å². The zero-order chi connectivity index (χ0) is 9.26. The molecule has 1 saturated carbocycles. The van der Waals surface area contributed by atoms with Gasteiger partial charge in [0.05, 0.1) is 0 Å². The van der Waals surface area contributed by atoms with Gasteiger partial charge in [0.15, 0.2) is 0 Å². The van der Waals surface area contributed by atoms with E-state index in [2.05, 4.69) is 24.1 Å². The molecule has 3 unspecified atom stereocenters. The van der Waals surface area contributed by atoms with Crippen molar-refractivity contribution in [2.24, 2.45) is 5.92 Å². The molecule has 1 heterocycles. The van der Waals surface area contributed by atoms with Gasteiger partial charge < -0.3 is 5.32 Å². The lowest BCUT2D eigenvalue weighted by molar-refractivity contribution is 0.266. The third-order valence-electron chi connectivity index (χ3n) is 3.62. The van der Waals surface area contributed by atoms with Crippen LogP contribution in [0.3, 0.4) is 0 Å². The third kappa shape index (κ3) is 2.23. The molecule has 0 spiro atoms. The van der Waals surface area contributed by atoms with Crippen molar-refractivity contribution in [2.75, 3.05) is 19.6 Å². The fourth-order valence-electron chi connectivity index (χ4n) is 2.48. The van der Waals surface area contributed by atoms with Gasteiger partial charge in [-0.2, -0.15) is 0 Å². The lowest BCUT2D eigenvalue weighted by atomic mass is 10.2. The Labute approximate surface area is 81.7 Å². The summed E-state index contributed by atoms with van der Waals surface area (Å²) in [5, 5.41) is 3.55. The Hall–Kier alpha value is -0.0800. The summed E-state index contributed by atoms with van der Waals surface area (Å²) in [6.07, 6.45) is 4.17. The zero-order valence-corrected chi connectivity index (χ0v) is 8.92. The van der Waals surface area contributed by atoms with Crippen LogP contribution in [-0.4, -0.2) is 36.6 Å². The summed E-state index contributed by atoms with van der Waals surface area (Å²) >= 11 is 0. The van der Waals surface area contributed by atoms with Crippen LogP contribution in [0.2, 0.25) is 0 Å². The molecule has 76 valence electrons. The molecule has 2 fully saturated rings. The molecule has 0 aromatic heterocycles. The van der Waals surface area contributed by atoms with E-state index in [1.165, 1.54) is 38.9 Å². The molecule has 3 atom stereocenters. The molecule has 2 nitrogen and oxygen atoms in total. The number of nitrogens with zero attached hydrogens (tertiary/aromatic N) is 1. The fourth-order valence-corrected chi connectivity index (χ4v) is 2.48. The van der Waals surface area contributed by atoms with E-state index in [1.807, 2.05) is 0 Å². The van der Waals surface area contributed by atoms with Gasteiger partial charge in [-0.3, -0.25) is 4.90 Å². The largest absolute Gasteiger partial charge is 0.313 e. The Morgan fingerprint density at radius 3 is 2.92 bits per heavy atom. The minimum absolute atomic E-state index is 0.726. The third-order valence-corrected chi connectivity index (χ3v) is 3.62. The minimum atomic E-state index is 0.726. The molecular weight excluding hydrogens is 160 g/mol. The van der Waals surface area contributed by atoms with E-state index in [1.54, 1.807) is 0 Å². The molecule has 0 aromatic rings. The topological polar surface area (TPSA) is 15.3 Å². The maximum atomic E-state index is 3.55. The summed E-state index contributed by atoms with van der Waals surface area (Å²) < 4.78 is 0. The minimum Gasteiger partial charge on any atom is -0.313 e. The van der Waals surface area contributed by atoms with Gasteiger partial charge in [-0.25, -0.2) is 0 Å². The van der Waals surface area contributed by atoms with Crippen molar-refractivity contribution in [1.82, 2.24) is 10.2 Å². The summed E-state index contributed by atoms with van der Waals surface area (Å²) in [5.74, 6) is 1.02. The lowest BCUT2D eigenvalue weighted by Gasteiger charge is -2.19. The van der Waals surface area contributed by atoms with Crippen molar-refractivity contribution in [1.29, 1.82) is 0 Å². The monoisotopic (exact) mass is 182 g/mol. The predicted molar refractivity (Wildman–Crippen MR) is 55.8 cm³/mol. The van der Waals surface area contributed by atoms with Gasteiger partial charge in [-0.1, -0.05) is 13.3 Å². The molecule has 1 saturated heterocycles. The highest BCUT2D eigenvalue weighted by molar-refractivity contribution is 4.95. The molecular formula is C11H22N2. The highest BCUT2D eigenvalue weighted by Gasteiger charge is 2.40. The van der Waals surface area contributed by atoms with Crippen molar-refractivity contribution in [3.63, 3.8) is 0 Å². The molecule has 13 heavy (non-hydrogen) atoms. The Balaban J connectivity index is 1.80. The van der Waals surface area contributed by atoms with E-state index in [9.17, 15) is 0 Å². The molecule has 0 aromatic carbocycles. The van der Waals surface area contributed by atoms with Gasteiger partial charge in [-0.15, -0.1) is 0 Å². The van der Waals surface area contributed by atoms with Crippen LogP contribution in [0, 0.1) is 5.92 Å². The molecule has 1 aliphatic carbocycles. The second-order valence-corrected chi connectivity index (χ2v) is 4.65. The average Bonchev–Trinajstić information content (AvgIpc) is 2.88. The molecule has 0 amide bonds. The zero-order valence-electron chi connectivity index (χ0n) is 8.92. The second-order valence-electron chi connectivity index (χ2n) is 4.65. The van der Waals surface area contributed by atoms with Crippen LogP contribution in [0.25, 0.3) is 0 Å². The highest BCUT2D eigenvalue weighted by Crippen LogP contribution is 2.38. The Morgan fingerprint density at radius 1 is 1.38 bits per heavy atom. The quantitative estimate of drug-likeness (QED) is 0.695. The van der Waals surface area contributed by atoms with Crippen molar-refractivity contribution < 1.29 is 0 Å². The predicted octanol–water partition coefficient (Wildman–Crippen LogP) is 1.47. The highest BCUT2D eigenvalue weighted by atomic mass is 15.2. The molecule has 1 aliphatic heterocycles. The molecule has 2 heteroatoms. The smallest absolute Gasteiger partial charge is 0.0128 e. The van der Waals surface area contributed by atoms with Crippen molar-refractivity contribution in [3.05, 3.63) is 0 Å². The van der Waals surface area contributed by atoms with Crippen LogP contribution >= 0.6 is 0 Å². The standard InChI is InChI=1S/C11H22N2/c1-3-10-8-11(10)13-6-4-9(2)12-5-7-13/h9-12H,3-8H2,1-2H3. The average molecular weight is 182 g/mol. The van der Waals surface area contributed by atoms with Crippen molar-refractivity contribution >= 4 is 0 Å². The van der Waals surface area contributed by atoms with Crippen molar-refractivity contribution in [2.45, 2.75) is 45.2 Å². The second kappa shape index (κ2) is 3.97. The number of rotatable bonds is 2. The van der Waals surface area contributed by atoms with E-state index in [-0.39, 0.29) is 0 Å². The van der Waals surface area contributed by atoms with Crippen molar-refractivity contribution in [3.8, 4) is 0 Å². The fraction of sp³-hybridized carbons (Fsp3) is 1.00. The van der Waals surface area contributed by atoms with Crippen LogP contribution in [0.15, 0.2) is 0 Å². The van der Waals surface area contributed by atoms with Crippen LogP contribution in [0.4, 0.5) is 0 Å². The summed E-state index contributed by atoms with van der Waals surface area (Å²) in [4.78, 5) is 2.70. The summed E-state index contributed by atoms with van der Waals surface area (Å²) in [6.45, 7) is 8.39. The maximum absolute atomic E-state index is 3.55. The van der Waals surface area contributed by atoms with Crippen LogP contribution in [-0.2, 0) is 0 Å². The Morgan fingerprint density at radius 2 is 2.23 bits per heavy atom. The van der Waals surface area contributed by atoms with Gasteiger partial charge in [0, 0.05) is 25.2 Å². The van der Waals surface area contributed by atoms with E-state index in [0.29, 0.717) is 0 Å². The van der Waals surface area contributed by atoms with Crippen LogP contribution in [0.5, 0.6) is 0 Å². The Kier molecular flexibility index (Phi) is 2.89. The van der Waals surface area contributed by atoms with Gasteiger partial charge >= 0.3 is 0 Å². The first kappa shape index (κ1) is 9.47. The number of hydrogen-bond donors (Lipinski definition) is 1. The van der Waals surface area contributed by atoms with Gasteiger partial charge in [0.1, 0.15) is 0 Å². The first-order valence-corrected chi connectivity index (χ1v) is 5.78. The van der Waals surface area contributed by atoms with Gasteiger partial charge in [0.2, 0.25) is 0 Å². The van der Waals surface area contributed by atoms with Crippen LogP contribution in [0.1, 0.15) is 33.1 Å². The normalized spacial score (nSPS) is 41.5.